The number of carbonyl (C=O) groups excluding carboxylic acids is 1. The molecule has 2 aromatic rings. The highest BCUT2D eigenvalue weighted by Crippen LogP contribution is 2.25. The van der Waals surface area contributed by atoms with Crippen molar-refractivity contribution in [2.45, 2.75) is 16.2 Å². The monoisotopic (exact) mass is 337 g/mol. The number of nitrogens with one attached hydrogen (secondary N) is 1. The Morgan fingerprint density at radius 2 is 2.00 bits per heavy atom. The fourth-order valence-electron chi connectivity index (χ4n) is 1.78. The molecule has 0 spiro atoms. The minimum Gasteiger partial charge on any atom is -0.325 e. The van der Waals surface area contributed by atoms with Gasteiger partial charge in [0.2, 0.25) is 5.91 Å². The van der Waals surface area contributed by atoms with Crippen molar-refractivity contribution in [3.05, 3.63) is 53.6 Å². The molecule has 0 aliphatic carbocycles. The highest BCUT2D eigenvalue weighted by atomic mass is 35.5. The number of amides is 1. The highest BCUT2D eigenvalue weighted by Gasteiger charge is 2.06. The van der Waals surface area contributed by atoms with Crippen LogP contribution in [-0.4, -0.2) is 17.9 Å². The smallest absolute Gasteiger partial charge is 0.225 e. The topological polar surface area (TPSA) is 29.1 Å². The summed E-state index contributed by atoms with van der Waals surface area (Å²) in [6.07, 6.45) is 2.47. The van der Waals surface area contributed by atoms with Gasteiger partial charge in [-0.15, -0.1) is 23.5 Å². The number of hydrogen-bond donors (Lipinski definition) is 1. The first-order chi connectivity index (χ1) is 10.2. The van der Waals surface area contributed by atoms with Gasteiger partial charge >= 0.3 is 0 Å². The Hall–Kier alpha value is -1.10. The number of carbonyl (C=O) groups is 1. The summed E-state index contributed by atoms with van der Waals surface area (Å²) < 4.78 is 0. The lowest BCUT2D eigenvalue weighted by Gasteiger charge is -2.09. The maximum Gasteiger partial charge on any atom is 0.225 e. The van der Waals surface area contributed by atoms with Crippen LogP contribution in [-0.2, 0) is 4.79 Å². The third-order valence-corrected chi connectivity index (χ3v) is 4.80. The molecule has 5 heteroatoms. The molecule has 0 heterocycles. The van der Waals surface area contributed by atoms with Gasteiger partial charge in [0.05, 0.1) is 5.69 Å². The third kappa shape index (κ3) is 5.30. The predicted molar refractivity (Wildman–Crippen MR) is 93.6 cm³/mol. The lowest BCUT2D eigenvalue weighted by molar-refractivity contribution is -0.115. The largest absolute Gasteiger partial charge is 0.325 e. The number of anilines is 1. The van der Waals surface area contributed by atoms with Gasteiger partial charge in [-0.05, 0) is 36.6 Å². The number of hydrogen-bond acceptors (Lipinski definition) is 3. The van der Waals surface area contributed by atoms with E-state index in [9.17, 15) is 4.79 Å². The molecule has 2 nitrogen and oxygen atoms in total. The second-order valence-corrected chi connectivity index (χ2v) is 6.76. The molecular weight excluding hydrogens is 322 g/mol. The van der Waals surface area contributed by atoms with E-state index in [1.165, 1.54) is 0 Å². The fourth-order valence-corrected chi connectivity index (χ4v) is 3.50. The first-order valence-corrected chi connectivity index (χ1v) is 9.09. The molecule has 0 saturated heterocycles. The molecule has 0 atom stereocenters. The maximum absolute atomic E-state index is 12.0. The van der Waals surface area contributed by atoms with Crippen LogP contribution in [0, 0.1) is 0 Å². The Kier molecular flexibility index (Phi) is 6.49. The molecule has 0 aliphatic rings. The van der Waals surface area contributed by atoms with Crippen molar-refractivity contribution in [2.75, 3.05) is 17.3 Å². The minimum atomic E-state index is 0.0334. The van der Waals surface area contributed by atoms with Crippen LogP contribution in [0.1, 0.15) is 6.42 Å². The van der Waals surface area contributed by atoms with Crippen LogP contribution in [0.2, 0.25) is 5.02 Å². The quantitative estimate of drug-likeness (QED) is 0.736. The van der Waals surface area contributed by atoms with Gasteiger partial charge < -0.3 is 5.32 Å². The van der Waals surface area contributed by atoms with Gasteiger partial charge in [-0.3, -0.25) is 4.79 Å². The van der Waals surface area contributed by atoms with Gasteiger partial charge in [0.15, 0.2) is 0 Å². The van der Waals surface area contributed by atoms with Gasteiger partial charge in [0.25, 0.3) is 0 Å². The van der Waals surface area contributed by atoms with Crippen molar-refractivity contribution >= 4 is 46.7 Å². The van der Waals surface area contributed by atoms with Gasteiger partial charge in [0, 0.05) is 27.0 Å². The molecule has 0 saturated carbocycles. The summed E-state index contributed by atoms with van der Waals surface area (Å²) in [7, 11) is 0. The van der Waals surface area contributed by atoms with Crippen LogP contribution in [0.25, 0.3) is 0 Å². The minimum absolute atomic E-state index is 0.0334. The van der Waals surface area contributed by atoms with E-state index in [1.807, 2.05) is 54.8 Å². The molecule has 0 unspecified atom stereocenters. The van der Waals surface area contributed by atoms with E-state index in [2.05, 4.69) is 5.32 Å². The Morgan fingerprint density at radius 3 is 2.76 bits per heavy atom. The zero-order chi connectivity index (χ0) is 15.1. The molecule has 1 N–H and O–H groups in total. The summed E-state index contributed by atoms with van der Waals surface area (Å²) in [5.41, 5.74) is 0.878. The molecule has 2 rings (SSSR count). The third-order valence-electron chi connectivity index (χ3n) is 2.77. The van der Waals surface area contributed by atoms with Crippen LogP contribution >= 0.6 is 35.1 Å². The molecule has 0 fully saturated rings. The molecule has 0 aromatic heterocycles. The first-order valence-electron chi connectivity index (χ1n) is 6.50. The lowest BCUT2D eigenvalue weighted by atomic mass is 10.3. The number of para-hydroxylation sites is 1. The second-order valence-electron chi connectivity index (χ2n) is 4.30. The first kappa shape index (κ1) is 16.3. The molecule has 0 bridgehead atoms. The van der Waals surface area contributed by atoms with E-state index in [0.29, 0.717) is 6.42 Å². The van der Waals surface area contributed by atoms with Gasteiger partial charge in [0.1, 0.15) is 0 Å². The van der Waals surface area contributed by atoms with Crippen LogP contribution < -0.4 is 5.32 Å². The SMILES string of the molecule is CSc1ccccc1NC(=O)CCSc1cccc(Cl)c1. The molecule has 1 amide bonds. The summed E-state index contributed by atoms with van der Waals surface area (Å²) in [4.78, 5) is 14.1. The Balaban J connectivity index is 1.82. The van der Waals surface area contributed by atoms with E-state index < -0.39 is 0 Å². The number of halogens is 1. The van der Waals surface area contributed by atoms with Crippen molar-refractivity contribution in [3.63, 3.8) is 0 Å². The summed E-state index contributed by atoms with van der Waals surface area (Å²) in [6, 6.07) is 15.5. The molecule has 2 aromatic carbocycles. The number of benzene rings is 2. The predicted octanol–water partition coefficient (Wildman–Crippen LogP) is 5.18. The number of thioether (sulfide) groups is 2. The second kappa shape index (κ2) is 8.37. The van der Waals surface area contributed by atoms with E-state index >= 15 is 0 Å². The molecule has 0 radical (unpaired) electrons. The summed E-state index contributed by atoms with van der Waals surface area (Å²) in [6.45, 7) is 0. The van der Waals surface area contributed by atoms with Crippen LogP contribution in [0.15, 0.2) is 58.3 Å². The molecule has 0 aliphatic heterocycles. The molecule has 110 valence electrons. The average Bonchev–Trinajstić information content (AvgIpc) is 2.48. The highest BCUT2D eigenvalue weighted by molar-refractivity contribution is 7.99. The van der Waals surface area contributed by atoms with E-state index in [4.69, 9.17) is 11.6 Å². The van der Waals surface area contributed by atoms with Gasteiger partial charge in [-0.1, -0.05) is 29.8 Å². The Morgan fingerprint density at radius 1 is 1.19 bits per heavy atom. The summed E-state index contributed by atoms with van der Waals surface area (Å²) in [5.74, 6) is 0.763. The van der Waals surface area contributed by atoms with Crippen molar-refractivity contribution in [1.29, 1.82) is 0 Å². The Labute approximate surface area is 138 Å². The Bertz CT molecular complexity index is 619. The zero-order valence-electron chi connectivity index (χ0n) is 11.6. The van der Waals surface area contributed by atoms with E-state index in [0.717, 1.165) is 26.3 Å². The van der Waals surface area contributed by atoms with Crippen LogP contribution in [0.5, 0.6) is 0 Å². The standard InChI is InChI=1S/C16H16ClNOS2/c1-20-15-8-3-2-7-14(15)18-16(19)9-10-21-13-6-4-5-12(17)11-13/h2-8,11H,9-10H2,1H3,(H,18,19). The zero-order valence-corrected chi connectivity index (χ0v) is 14.0. The van der Waals surface area contributed by atoms with Gasteiger partial charge in [-0.25, -0.2) is 0 Å². The van der Waals surface area contributed by atoms with Crippen molar-refractivity contribution < 1.29 is 4.79 Å². The van der Waals surface area contributed by atoms with Crippen molar-refractivity contribution in [2.24, 2.45) is 0 Å². The van der Waals surface area contributed by atoms with Crippen LogP contribution in [0.3, 0.4) is 0 Å². The van der Waals surface area contributed by atoms with Crippen molar-refractivity contribution in [1.82, 2.24) is 0 Å². The summed E-state index contributed by atoms with van der Waals surface area (Å²) >= 11 is 9.19. The van der Waals surface area contributed by atoms with Crippen molar-refractivity contribution in [3.8, 4) is 0 Å². The molecular formula is C16H16ClNOS2. The fraction of sp³-hybridized carbons (Fsp3) is 0.188. The summed E-state index contributed by atoms with van der Waals surface area (Å²) in [5, 5.41) is 3.68. The van der Waals surface area contributed by atoms with Gasteiger partial charge in [-0.2, -0.15) is 0 Å². The lowest BCUT2D eigenvalue weighted by Crippen LogP contribution is -2.12. The maximum atomic E-state index is 12.0. The number of rotatable bonds is 6. The molecule has 21 heavy (non-hydrogen) atoms. The van der Waals surface area contributed by atoms with E-state index in [1.54, 1.807) is 23.5 Å². The van der Waals surface area contributed by atoms with E-state index in [-0.39, 0.29) is 5.91 Å². The normalized spacial score (nSPS) is 10.4. The van der Waals surface area contributed by atoms with Crippen LogP contribution in [0.4, 0.5) is 5.69 Å². The average molecular weight is 338 g/mol.